The fourth-order valence-electron chi connectivity index (χ4n) is 2.84. The van der Waals surface area contributed by atoms with E-state index in [2.05, 4.69) is 0 Å². The minimum Gasteiger partial charge on any atom is -0.489 e. The normalized spacial score (nSPS) is 10.4. The van der Waals surface area contributed by atoms with Crippen LogP contribution in [0.2, 0.25) is 5.02 Å². The van der Waals surface area contributed by atoms with Crippen molar-refractivity contribution in [2.45, 2.75) is 13.5 Å². The molecule has 0 atom stereocenters. The molecule has 5 N–H and O–H groups in total. The number of urea groups is 1. The van der Waals surface area contributed by atoms with E-state index < -0.39 is 6.03 Å². The van der Waals surface area contributed by atoms with Crippen LogP contribution in [0.3, 0.4) is 0 Å². The third-order valence-electron chi connectivity index (χ3n) is 4.38. The molecule has 28 heavy (non-hydrogen) atoms. The highest BCUT2D eigenvalue weighted by Crippen LogP contribution is 2.28. The van der Waals surface area contributed by atoms with E-state index in [1.165, 1.54) is 0 Å². The molecule has 7 heteroatoms. The van der Waals surface area contributed by atoms with Crippen molar-refractivity contribution in [3.63, 3.8) is 0 Å². The van der Waals surface area contributed by atoms with Gasteiger partial charge in [0.15, 0.2) is 0 Å². The molecule has 0 radical (unpaired) electrons. The van der Waals surface area contributed by atoms with Crippen LogP contribution in [0, 0.1) is 6.92 Å². The zero-order valence-electron chi connectivity index (χ0n) is 15.4. The first kappa shape index (κ1) is 19.7. The predicted molar refractivity (Wildman–Crippen MR) is 112 cm³/mol. The largest absolute Gasteiger partial charge is 0.489 e. The van der Waals surface area contributed by atoms with Gasteiger partial charge in [0, 0.05) is 10.6 Å². The maximum Gasteiger partial charge on any atom is 0.350 e. The molecule has 0 heterocycles. The Hall–Kier alpha value is -3.06. The highest BCUT2D eigenvalue weighted by atomic mass is 35.5. The van der Waals surface area contributed by atoms with E-state index in [4.69, 9.17) is 28.0 Å². The summed E-state index contributed by atoms with van der Waals surface area (Å²) >= 11 is 5.96. The van der Waals surface area contributed by atoms with Gasteiger partial charge in [0.2, 0.25) is 0 Å². The van der Waals surface area contributed by atoms with Gasteiger partial charge < -0.3 is 4.74 Å². The number of rotatable bonds is 5. The second kappa shape index (κ2) is 8.75. The molecule has 0 aliphatic heterocycles. The van der Waals surface area contributed by atoms with E-state index in [-0.39, 0.29) is 6.61 Å². The molecule has 0 bridgehead atoms. The number of halogens is 1. The van der Waals surface area contributed by atoms with Crippen LogP contribution in [0.1, 0.15) is 11.1 Å². The minimum atomic E-state index is -0.614. The third-order valence-corrected chi connectivity index (χ3v) is 4.63. The van der Waals surface area contributed by atoms with Gasteiger partial charge in [0.05, 0.1) is 5.69 Å². The van der Waals surface area contributed by atoms with Gasteiger partial charge in [0.1, 0.15) is 12.4 Å². The Kier molecular flexibility index (Phi) is 6.16. The molecule has 0 fully saturated rings. The second-order valence-corrected chi connectivity index (χ2v) is 6.65. The zero-order valence-corrected chi connectivity index (χ0v) is 16.1. The summed E-state index contributed by atoms with van der Waals surface area (Å²) in [6, 6.07) is 20.2. The van der Waals surface area contributed by atoms with E-state index in [1.54, 1.807) is 6.07 Å². The predicted octanol–water partition coefficient (Wildman–Crippen LogP) is 4.16. The molecule has 0 aliphatic rings. The molecule has 3 aromatic carbocycles. The summed E-state index contributed by atoms with van der Waals surface area (Å²) in [5.74, 6) is 11.8. The van der Waals surface area contributed by atoms with Crippen molar-refractivity contribution in [3.8, 4) is 16.9 Å². The topological polar surface area (TPSA) is 93.6 Å². The van der Waals surface area contributed by atoms with Crippen molar-refractivity contribution >= 4 is 23.3 Å². The number of nitrogens with two attached hydrogens (primary N) is 2. The summed E-state index contributed by atoms with van der Waals surface area (Å²) in [5, 5.41) is 1.66. The second-order valence-electron chi connectivity index (χ2n) is 6.22. The Morgan fingerprint density at radius 3 is 2.50 bits per heavy atom. The number of hydrogen-bond donors (Lipinski definition) is 3. The maximum atomic E-state index is 11.8. The Labute approximate surface area is 168 Å². The van der Waals surface area contributed by atoms with E-state index in [1.807, 2.05) is 73.0 Å². The van der Waals surface area contributed by atoms with Crippen LogP contribution in [0.4, 0.5) is 10.5 Å². The van der Waals surface area contributed by atoms with E-state index >= 15 is 0 Å². The van der Waals surface area contributed by atoms with E-state index in [0.29, 0.717) is 16.5 Å². The van der Waals surface area contributed by atoms with Gasteiger partial charge in [-0.05, 0) is 53.9 Å². The van der Waals surface area contributed by atoms with Gasteiger partial charge in [-0.3, -0.25) is 5.43 Å². The van der Waals surface area contributed by atoms with E-state index in [0.717, 1.165) is 27.3 Å². The van der Waals surface area contributed by atoms with Crippen molar-refractivity contribution in [1.29, 1.82) is 0 Å². The highest BCUT2D eigenvalue weighted by Gasteiger charge is 2.16. The van der Waals surface area contributed by atoms with Crippen molar-refractivity contribution in [2.24, 2.45) is 11.7 Å². The summed E-state index contributed by atoms with van der Waals surface area (Å²) in [6.45, 7) is 2.18. The number of hydrazine groups is 2. The quantitative estimate of drug-likeness (QED) is 0.343. The number of anilines is 1. The standard InChI is InChI=1S/C21H21ClN4O2/c1-14-4-2-7-20(26(24)21(27)25-23)19(14)13-28-18-6-3-5-16(12-18)15-8-10-17(22)11-9-15/h2-12H,13,23-24H2,1H3,(H,25,27). The molecular weight excluding hydrogens is 376 g/mol. The first-order valence-electron chi connectivity index (χ1n) is 8.62. The molecule has 0 saturated heterocycles. The van der Waals surface area contributed by atoms with Crippen molar-refractivity contribution in [3.05, 3.63) is 82.9 Å². The smallest absolute Gasteiger partial charge is 0.350 e. The number of carbonyl (C=O) groups is 1. The van der Waals surface area contributed by atoms with Crippen molar-refractivity contribution in [1.82, 2.24) is 5.43 Å². The molecular formula is C21H21ClN4O2. The molecule has 0 unspecified atom stereocenters. The average molecular weight is 397 g/mol. The lowest BCUT2D eigenvalue weighted by molar-refractivity contribution is 0.246. The van der Waals surface area contributed by atoms with Gasteiger partial charge in [-0.2, -0.15) is 0 Å². The molecule has 0 aromatic heterocycles. The fraction of sp³-hybridized carbons (Fsp3) is 0.0952. The number of nitrogens with zero attached hydrogens (tertiary/aromatic N) is 1. The molecule has 0 saturated carbocycles. The highest BCUT2D eigenvalue weighted by molar-refractivity contribution is 6.30. The zero-order chi connectivity index (χ0) is 20.1. The SMILES string of the molecule is Cc1cccc(N(N)C(=O)NN)c1COc1cccc(-c2ccc(Cl)cc2)c1. The summed E-state index contributed by atoms with van der Waals surface area (Å²) in [7, 11) is 0. The number of nitrogens with one attached hydrogen (secondary N) is 1. The monoisotopic (exact) mass is 396 g/mol. The van der Waals surface area contributed by atoms with Crippen LogP contribution in [0.15, 0.2) is 66.7 Å². The summed E-state index contributed by atoms with van der Waals surface area (Å²) < 4.78 is 5.99. The van der Waals surface area contributed by atoms with Crippen LogP contribution in [0.5, 0.6) is 5.75 Å². The fourth-order valence-corrected chi connectivity index (χ4v) is 2.97. The Morgan fingerprint density at radius 2 is 1.79 bits per heavy atom. The van der Waals surface area contributed by atoms with E-state index in [9.17, 15) is 4.79 Å². The molecule has 3 aromatic rings. The molecule has 0 aliphatic carbocycles. The lowest BCUT2D eigenvalue weighted by Gasteiger charge is -2.21. The number of hydrogen-bond acceptors (Lipinski definition) is 4. The summed E-state index contributed by atoms with van der Waals surface area (Å²) in [5.41, 5.74) is 6.35. The van der Waals surface area contributed by atoms with Crippen molar-refractivity contribution < 1.29 is 9.53 Å². The van der Waals surface area contributed by atoms with Gasteiger partial charge in [-0.25, -0.2) is 21.5 Å². The first-order chi connectivity index (χ1) is 13.5. The maximum absolute atomic E-state index is 11.8. The van der Waals surface area contributed by atoms with Gasteiger partial charge in [0.25, 0.3) is 0 Å². The van der Waals surface area contributed by atoms with Crippen LogP contribution in [0.25, 0.3) is 11.1 Å². The summed E-state index contributed by atoms with van der Waals surface area (Å²) in [4.78, 5) is 11.8. The number of benzene rings is 3. The van der Waals surface area contributed by atoms with Crippen LogP contribution in [-0.4, -0.2) is 6.03 Å². The molecule has 144 valence electrons. The molecule has 6 nitrogen and oxygen atoms in total. The number of aryl methyl sites for hydroxylation is 1. The van der Waals surface area contributed by atoms with Gasteiger partial charge >= 0.3 is 6.03 Å². The van der Waals surface area contributed by atoms with Crippen LogP contribution < -0.4 is 26.9 Å². The molecule has 3 rings (SSSR count). The minimum absolute atomic E-state index is 0.248. The Bertz CT molecular complexity index is 976. The third kappa shape index (κ3) is 4.43. The van der Waals surface area contributed by atoms with Gasteiger partial charge in [-0.1, -0.05) is 48.0 Å². The molecule has 2 amide bonds. The first-order valence-corrected chi connectivity index (χ1v) is 9.00. The Morgan fingerprint density at radius 1 is 1.07 bits per heavy atom. The van der Waals surface area contributed by atoms with Crippen LogP contribution >= 0.6 is 11.6 Å². The number of ether oxygens (including phenoxy) is 1. The number of amides is 2. The number of carbonyl (C=O) groups excluding carboxylic acids is 1. The van der Waals surface area contributed by atoms with Crippen molar-refractivity contribution in [2.75, 3.05) is 5.01 Å². The molecule has 0 spiro atoms. The van der Waals surface area contributed by atoms with Gasteiger partial charge in [-0.15, -0.1) is 0 Å². The Balaban J connectivity index is 1.82. The lowest BCUT2D eigenvalue weighted by atomic mass is 10.1. The lowest BCUT2D eigenvalue weighted by Crippen LogP contribution is -2.48. The average Bonchev–Trinajstić information content (AvgIpc) is 2.72. The summed E-state index contributed by atoms with van der Waals surface area (Å²) in [6.07, 6.45) is 0. The van der Waals surface area contributed by atoms with Crippen LogP contribution in [-0.2, 0) is 6.61 Å².